The molecule has 5 heteroatoms. The molecule has 2 amide bonds. The maximum absolute atomic E-state index is 13.6. The van der Waals surface area contributed by atoms with E-state index >= 15 is 0 Å². The van der Waals surface area contributed by atoms with Gasteiger partial charge in [0, 0.05) is 17.9 Å². The van der Waals surface area contributed by atoms with Crippen molar-refractivity contribution in [2.75, 3.05) is 26.2 Å². The number of piperidine rings is 1. The van der Waals surface area contributed by atoms with Crippen molar-refractivity contribution in [3.63, 3.8) is 0 Å². The van der Waals surface area contributed by atoms with Crippen molar-refractivity contribution < 1.29 is 14.4 Å². The van der Waals surface area contributed by atoms with E-state index in [1.54, 1.807) is 4.90 Å². The van der Waals surface area contributed by atoms with E-state index in [0.29, 0.717) is 18.2 Å². The Morgan fingerprint density at radius 3 is 1.82 bits per heavy atom. The molecule has 2 aliphatic heterocycles. The SMILES string of the molecule is O=C1C2CCCCC2C(=O)N1CCCCN1CCC(C(=O)C23CC4CC(CC(C4)C2)C3)CC1. The molecule has 2 saturated heterocycles. The first-order valence-corrected chi connectivity index (χ1v) is 14.1. The maximum Gasteiger partial charge on any atom is 0.233 e. The summed E-state index contributed by atoms with van der Waals surface area (Å²) in [6.07, 6.45) is 15.8. The van der Waals surface area contributed by atoms with Crippen LogP contribution in [0.5, 0.6) is 0 Å². The van der Waals surface area contributed by atoms with Gasteiger partial charge in [-0.1, -0.05) is 12.8 Å². The summed E-state index contributed by atoms with van der Waals surface area (Å²) in [6.45, 7) is 3.70. The second-order valence-corrected chi connectivity index (χ2v) is 12.7. The van der Waals surface area contributed by atoms with Crippen LogP contribution in [0.3, 0.4) is 0 Å². The van der Waals surface area contributed by atoms with Gasteiger partial charge in [-0.3, -0.25) is 19.3 Å². The molecule has 0 spiro atoms. The molecular weight excluding hydrogens is 412 g/mol. The third-order valence-corrected chi connectivity index (χ3v) is 10.6. The summed E-state index contributed by atoms with van der Waals surface area (Å²) in [5, 5.41) is 0. The molecule has 5 saturated carbocycles. The number of hydrogen-bond donors (Lipinski definition) is 0. The predicted octanol–water partition coefficient (Wildman–Crippen LogP) is 4.44. The number of unbranched alkanes of at least 4 members (excludes halogenated alkanes) is 1. The Hall–Kier alpha value is -1.23. The van der Waals surface area contributed by atoms with Gasteiger partial charge in [-0.05, 0) is 114 Å². The van der Waals surface area contributed by atoms with E-state index in [0.717, 1.165) is 88.8 Å². The first-order valence-electron chi connectivity index (χ1n) is 14.1. The lowest BCUT2D eigenvalue weighted by molar-refractivity contribution is -0.149. The van der Waals surface area contributed by atoms with Crippen molar-refractivity contribution in [2.24, 2.45) is 40.9 Å². The molecule has 2 heterocycles. The fraction of sp³-hybridized carbons (Fsp3) is 0.893. The van der Waals surface area contributed by atoms with Crippen molar-refractivity contribution in [3.05, 3.63) is 0 Å². The number of hydrogen-bond acceptors (Lipinski definition) is 4. The van der Waals surface area contributed by atoms with Gasteiger partial charge in [0.15, 0.2) is 0 Å². The number of ketones is 1. The number of likely N-dealkylation sites (tertiary alicyclic amines) is 2. The molecule has 2 atom stereocenters. The Morgan fingerprint density at radius 1 is 0.758 bits per heavy atom. The van der Waals surface area contributed by atoms with E-state index < -0.39 is 0 Å². The fourth-order valence-corrected chi connectivity index (χ4v) is 9.32. The van der Waals surface area contributed by atoms with Crippen LogP contribution in [0.15, 0.2) is 0 Å². The zero-order valence-corrected chi connectivity index (χ0v) is 20.3. The van der Waals surface area contributed by atoms with Gasteiger partial charge in [-0.2, -0.15) is 0 Å². The van der Waals surface area contributed by atoms with E-state index in [1.807, 2.05) is 0 Å². The monoisotopic (exact) mass is 454 g/mol. The Balaban J connectivity index is 0.940. The highest BCUT2D eigenvalue weighted by Crippen LogP contribution is 2.61. The Bertz CT molecular complexity index is 740. The average molecular weight is 455 g/mol. The van der Waals surface area contributed by atoms with Crippen LogP contribution in [0.1, 0.15) is 89.9 Å². The first-order chi connectivity index (χ1) is 16.0. The second kappa shape index (κ2) is 8.77. The van der Waals surface area contributed by atoms with Gasteiger partial charge < -0.3 is 4.90 Å². The van der Waals surface area contributed by atoms with Gasteiger partial charge in [-0.25, -0.2) is 0 Å². The smallest absolute Gasteiger partial charge is 0.233 e. The summed E-state index contributed by atoms with van der Waals surface area (Å²) in [6, 6.07) is 0. The molecule has 0 N–H and O–H groups in total. The lowest BCUT2D eigenvalue weighted by Crippen LogP contribution is -2.52. The van der Waals surface area contributed by atoms with Crippen molar-refractivity contribution in [2.45, 2.75) is 89.9 Å². The van der Waals surface area contributed by atoms with Crippen LogP contribution >= 0.6 is 0 Å². The van der Waals surface area contributed by atoms with Crippen LogP contribution < -0.4 is 0 Å². The lowest BCUT2D eigenvalue weighted by Gasteiger charge is -2.57. The summed E-state index contributed by atoms with van der Waals surface area (Å²) in [4.78, 5) is 43.0. The number of rotatable bonds is 7. The molecule has 0 aromatic rings. The van der Waals surface area contributed by atoms with E-state index in [1.165, 1.54) is 38.5 Å². The molecule has 7 rings (SSSR count). The number of fused-ring (bicyclic) bond motifs is 1. The number of carbonyl (C=O) groups excluding carboxylic acids is 3. The van der Waals surface area contributed by atoms with E-state index in [9.17, 15) is 14.4 Å². The molecule has 0 aromatic carbocycles. The zero-order valence-electron chi connectivity index (χ0n) is 20.3. The van der Waals surface area contributed by atoms with Crippen molar-refractivity contribution >= 4 is 17.6 Å². The van der Waals surface area contributed by atoms with Crippen LogP contribution in [0.2, 0.25) is 0 Å². The quantitative estimate of drug-likeness (QED) is 0.422. The van der Waals surface area contributed by atoms with Gasteiger partial charge in [0.05, 0.1) is 11.8 Å². The zero-order chi connectivity index (χ0) is 22.6. The highest BCUT2D eigenvalue weighted by atomic mass is 16.2. The number of Topliss-reactive ketones (excluding diaryl/α,β-unsaturated/α-hetero) is 1. The Kier molecular flexibility index (Phi) is 5.91. The predicted molar refractivity (Wildman–Crippen MR) is 126 cm³/mol. The minimum absolute atomic E-state index is 0.0169. The largest absolute Gasteiger partial charge is 0.303 e. The molecule has 0 radical (unpaired) electrons. The molecule has 4 bridgehead atoms. The maximum atomic E-state index is 13.6. The molecule has 0 aromatic heterocycles. The first kappa shape index (κ1) is 22.2. The van der Waals surface area contributed by atoms with Crippen molar-refractivity contribution in [3.8, 4) is 0 Å². The Labute approximate surface area is 199 Å². The lowest BCUT2D eigenvalue weighted by atomic mass is 9.47. The van der Waals surface area contributed by atoms with Gasteiger partial charge >= 0.3 is 0 Å². The third kappa shape index (κ3) is 4.00. The molecule has 5 aliphatic carbocycles. The molecule has 33 heavy (non-hydrogen) atoms. The van der Waals surface area contributed by atoms with E-state index in [4.69, 9.17) is 0 Å². The van der Waals surface area contributed by atoms with Gasteiger partial charge in [0.1, 0.15) is 5.78 Å². The van der Waals surface area contributed by atoms with Gasteiger partial charge in [0.25, 0.3) is 0 Å². The minimum atomic E-state index is -0.0169. The number of nitrogens with zero attached hydrogens (tertiary/aromatic N) is 2. The highest BCUT2D eigenvalue weighted by molar-refractivity contribution is 6.05. The molecule has 182 valence electrons. The molecule has 2 unspecified atom stereocenters. The second-order valence-electron chi connectivity index (χ2n) is 12.7. The van der Waals surface area contributed by atoms with Crippen molar-refractivity contribution in [1.82, 2.24) is 9.80 Å². The van der Waals surface area contributed by atoms with E-state index in [-0.39, 0.29) is 29.1 Å². The standard InChI is InChI=1S/C28H42N2O3/c31-25(28-16-19-13-20(17-28)15-21(14-19)18-28)22-7-11-29(12-8-22)9-3-4-10-30-26(32)23-5-1-2-6-24(23)27(30)33/h19-24H,1-18H2. The van der Waals surface area contributed by atoms with Gasteiger partial charge in [0.2, 0.25) is 11.8 Å². The fourth-order valence-electron chi connectivity index (χ4n) is 9.32. The highest BCUT2D eigenvalue weighted by Gasteiger charge is 2.55. The van der Waals surface area contributed by atoms with Gasteiger partial charge in [-0.15, -0.1) is 0 Å². The normalized spacial score (nSPS) is 41.1. The topological polar surface area (TPSA) is 57.7 Å². The molecular formula is C28H42N2O3. The summed E-state index contributed by atoms with van der Waals surface area (Å²) < 4.78 is 0. The third-order valence-electron chi connectivity index (χ3n) is 10.6. The number of amides is 2. The van der Waals surface area contributed by atoms with E-state index in [2.05, 4.69) is 4.90 Å². The molecule has 7 aliphatic rings. The van der Waals surface area contributed by atoms with Crippen LogP contribution in [0.4, 0.5) is 0 Å². The Morgan fingerprint density at radius 2 is 1.27 bits per heavy atom. The van der Waals surface area contributed by atoms with Crippen molar-refractivity contribution in [1.29, 1.82) is 0 Å². The average Bonchev–Trinajstić information content (AvgIpc) is 3.06. The summed E-state index contributed by atoms with van der Waals surface area (Å²) in [7, 11) is 0. The summed E-state index contributed by atoms with van der Waals surface area (Å²) in [5.74, 6) is 3.65. The number of carbonyl (C=O) groups is 3. The minimum Gasteiger partial charge on any atom is -0.303 e. The van der Waals surface area contributed by atoms with Crippen LogP contribution in [-0.4, -0.2) is 53.6 Å². The van der Waals surface area contributed by atoms with Crippen LogP contribution in [0.25, 0.3) is 0 Å². The molecule has 5 nitrogen and oxygen atoms in total. The number of imide groups is 1. The summed E-state index contributed by atoms with van der Waals surface area (Å²) >= 11 is 0. The van der Waals surface area contributed by atoms with Crippen LogP contribution in [0, 0.1) is 40.9 Å². The van der Waals surface area contributed by atoms with Crippen LogP contribution in [-0.2, 0) is 14.4 Å². The summed E-state index contributed by atoms with van der Waals surface area (Å²) in [5.41, 5.74) is 0.0631. The molecule has 7 fully saturated rings.